The monoisotopic (exact) mass is 288 g/mol. The third kappa shape index (κ3) is 4.34. The maximum absolute atomic E-state index is 12.5. The Morgan fingerprint density at radius 1 is 1.25 bits per heavy atom. The van der Waals surface area contributed by atoms with Crippen LogP contribution in [-0.2, 0) is 0 Å². The van der Waals surface area contributed by atoms with Crippen molar-refractivity contribution in [3.05, 3.63) is 23.8 Å². The molecule has 5 nitrogen and oxygen atoms in total. The maximum Gasteiger partial charge on any atom is 0.255 e. The standard InChI is InChI=1S/C13H18F2N2O3/c1-19-10-5-9(6-11(7-10)20-2)13(18)17(4-3-16)8-12(14)15/h5-7,12H,3-4,8,16H2,1-2H3. The Hall–Kier alpha value is -1.89. The Labute approximate surface area is 116 Å². The van der Waals surface area contributed by atoms with Crippen molar-refractivity contribution in [2.75, 3.05) is 33.9 Å². The molecule has 1 amide bonds. The molecule has 1 aromatic rings. The summed E-state index contributed by atoms with van der Waals surface area (Å²) in [4.78, 5) is 13.2. The molecule has 112 valence electrons. The summed E-state index contributed by atoms with van der Waals surface area (Å²) in [5.41, 5.74) is 5.56. The van der Waals surface area contributed by atoms with Crippen LogP contribution >= 0.6 is 0 Å². The minimum absolute atomic E-state index is 0.0582. The van der Waals surface area contributed by atoms with E-state index in [-0.39, 0.29) is 18.7 Å². The van der Waals surface area contributed by atoms with Gasteiger partial charge in [-0.25, -0.2) is 8.78 Å². The van der Waals surface area contributed by atoms with E-state index in [1.54, 1.807) is 6.07 Å². The summed E-state index contributed by atoms with van der Waals surface area (Å²) in [5, 5.41) is 0. The van der Waals surface area contributed by atoms with Gasteiger partial charge in [-0.1, -0.05) is 0 Å². The Bertz CT molecular complexity index is 433. The first-order valence-corrected chi connectivity index (χ1v) is 6.02. The van der Waals surface area contributed by atoms with Gasteiger partial charge in [0.05, 0.1) is 20.8 Å². The molecule has 0 aliphatic heterocycles. The Kier molecular flexibility index (Phi) is 6.17. The summed E-state index contributed by atoms with van der Waals surface area (Å²) in [5.74, 6) is 0.294. The normalized spacial score (nSPS) is 10.5. The molecule has 0 fully saturated rings. The molecule has 20 heavy (non-hydrogen) atoms. The smallest absolute Gasteiger partial charge is 0.255 e. The molecule has 7 heteroatoms. The summed E-state index contributed by atoms with van der Waals surface area (Å²) < 4.78 is 35.1. The van der Waals surface area contributed by atoms with Crippen molar-refractivity contribution >= 4 is 5.91 Å². The van der Waals surface area contributed by atoms with Crippen LogP contribution in [0.5, 0.6) is 11.5 Å². The quantitative estimate of drug-likeness (QED) is 0.823. The number of carbonyl (C=O) groups excluding carboxylic acids is 1. The van der Waals surface area contributed by atoms with Crippen LogP contribution in [-0.4, -0.2) is 51.1 Å². The number of methoxy groups -OCH3 is 2. The molecular weight excluding hydrogens is 270 g/mol. The van der Waals surface area contributed by atoms with Gasteiger partial charge in [0, 0.05) is 24.7 Å². The predicted octanol–water partition coefficient (Wildman–Crippen LogP) is 1.37. The third-order valence-electron chi connectivity index (χ3n) is 2.64. The first-order chi connectivity index (χ1) is 9.51. The number of rotatable bonds is 7. The second-order valence-electron chi connectivity index (χ2n) is 4.03. The largest absolute Gasteiger partial charge is 0.497 e. The van der Waals surface area contributed by atoms with E-state index >= 15 is 0 Å². The molecule has 0 bridgehead atoms. The van der Waals surface area contributed by atoms with Gasteiger partial charge in [-0.2, -0.15) is 0 Å². The molecule has 0 unspecified atom stereocenters. The molecule has 1 rings (SSSR count). The van der Waals surface area contributed by atoms with Crippen molar-refractivity contribution in [1.82, 2.24) is 4.90 Å². The first-order valence-electron chi connectivity index (χ1n) is 6.02. The minimum Gasteiger partial charge on any atom is -0.497 e. The van der Waals surface area contributed by atoms with E-state index in [0.29, 0.717) is 11.5 Å². The van der Waals surface area contributed by atoms with Crippen LogP contribution in [0.3, 0.4) is 0 Å². The number of hydrogen-bond acceptors (Lipinski definition) is 4. The van der Waals surface area contributed by atoms with Gasteiger partial charge in [0.2, 0.25) is 0 Å². The lowest BCUT2D eigenvalue weighted by atomic mass is 10.1. The predicted molar refractivity (Wildman–Crippen MR) is 70.5 cm³/mol. The molecule has 0 aromatic heterocycles. The van der Waals surface area contributed by atoms with Crippen LogP contribution in [0.4, 0.5) is 8.78 Å². The fraction of sp³-hybridized carbons (Fsp3) is 0.462. The number of ether oxygens (including phenoxy) is 2. The van der Waals surface area contributed by atoms with E-state index < -0.39 is 18.9 Å². The highest BCUT2D eigenvalue weighted by molar-refractivity contribution is 5.95. The van der Waals surface area contributed by atoms with Gasteiger partial charge in [0.1, 0.15) is 11.5 Å². The second-order valence-corrected chi connectivity index (χ2v) is 4.03. The molecule has 0 saturated carbocycles. The molecule has 0 aliphatic rings. The SMILES string of the molecule is COc1cc(OC)cc(C(=O)N(CCN)CC(F)F)c1. The van der Waals surface area contributed by atoms with Crippen LogP contribution in [0.1, 0.15) is 10.4 Å². The van der Waals surface area contributed by atoms with Gasteiger partial charge in [-0.15, -0.1) is 0 Å². The second kappa shape index (κ2) is 7.64. The molecule has 0 heterocycles. The number of hydrogen-bond donors (Lipinski definition) is 1. The van der Waals surface area contributed by atoms with Gasteiger partial charge < -0.3 is 20.1 Å². The molecule has 2 N–H and O–H groups in total. The van der Waals surface area contributed by atoms with Crippen molar-refractivity contribution in [3.63, 3.8) is 0 Å². The van der Waals surface area contributed by atoms with E-state index in [1.807, 2.05) is 0 Å². The number of nitrogens with zero attached hydrogens (tertiary/aromatic N) is 1. The summed E-state index contributed by atoms with van der Waals surface area (Å²) >= 11 is 0. The van der Waals surface area contributed by atoms with Crippen LogP contribution in [0.25, 0.3) is 0 Å². The van der Waals surface area contributed by atoms with Gasteiger partial charge in [0.15, 0.2) is 0 Å². The van der Waals surface area contributed by atoms with Crippen LogP contribution < -0.4 is 15.2 Å². The number of benzene rings is 1. The summed E-state index contributed by atoms with van der Waals surface area (Å²) in [6.45, 7) is -0.488. The highest BCUT2D eigenvalue weighted by Crippen LogP contribution is 2.23. The molecule has 0 aliphatic carbocycles. The van der Waals surface area contributed by atoms with Crippen molar-refractivity contribution in [2.24, 2.45) is 5.73 Å². The van der Waals surface area contributed by atoms with E-state index in [0.717, 1.165) is 4.90 Å². The summed E-state index contributed by atoms with van der Waals surface area (Å²) in [6.07, 6.45) is -2.61. The topological polar surface area (TPSA) is 64.8 Å². The van der Waals surface area contributed by atoms with Gasteiger partial charge in [-0.3, -0.25) is 4.79 Å². The molecule has 0 spiro atoms. The van der Waals surface area contributed by atoms with Crippen LogP contribution in [0.2, 0.25) is 0 Å². The number of nitrogens with two attached hydrogens (primary N) is 1. The van der Waals surface area contributed by atoms with Crippen LogP contribution in [0, 0.1) is 0 Å². The summed E-state index contributed by atoms with van der Waals surface area (Å²) in [6, 6.07) is 4.54. The zero-order valence-corrected chi connectivity index (χ0v) is 11.4. The Morgan fingerprint density at radius 2 is 1.80 bits per heavy atom. The van der Waals surface area contributed by atoms with Gasteiger partial charge in [0.25, 0.3) is 12.3 Å². The fourth-order valence-corrected chi connectivity index (χ4v) is 1.71. The Morgan fingerprint density at radius 3 is 2.20 bits per heavy atom. The number of amides is 1. The lowest BCUT2D eigenvalue weighted by molar-refractivity contribution is 0.0562. The third-order valence-corrected chi connectivity index (χ3v) is 2.64. The van der Waals surface area contributed by atoms with E-state index in [2.05, 4.69) is 0 Å². The molecule has 1 aromatic carbocycles. The summed E-state index contributed by atoms with van der Waals surface area (Å²) in [7, 11) is 2.89. The number of halogens is 2. The average Bonchev–Trinajstić information content (AvgIpc) is 2.44. The van der Waals surface area contributed by atoms with Gasteiger partial charge in [-0.05, 0) is 12.1 Å². The zero-order valence-electron chi connectivity index (χ0n) is 11.4. The lowest BCUT2D eigenvalue weighted by Gasteiger charge is -2.22. The van der Waals surface area contributed by atoms with Crippen molar-refractivity contribution in [1.29, 1.82) is 0 Å². The van der Waals surface area contributed by atoms with Gasteiger partial charge >= 0.3 is 0 Å². The van der Waals surface area contributed by atoms with E-state index in [4.69, 9.17) is 15.2 Å². The molecule has 0 atom stereocenters. The van der Waals surface area contributed by atoms with Crippen molar-refractivity contribution < 1.29 is 23.0 Å². The molecular formula is C13H18F2N2O3. The number of carbonyl (C=O) groups is 1. The lowest BCUT2D eigenvalue weighted by Crippen LogP contribution is -2.38. The fourth-order valence-electron chi connectivity index (χ4n) is 1.71. The Balaban J connectivity index is 3.03. The van der Waals surface area contributed by atoms with E-state index in [9.17, 15) is 13.6 Å². The van der Waals surface area contributed by atoms with Crippen molar-refractivity contribution in [3.8, 4) is 11.5 Å². The van der Waals surface area contributed by atoms with Crippen molar-refractivity contribution in [2.45, 2.75) is 6.43 Å². The first kappa shape index (κ1) is 16.2. The molecule has 0 saturated heterocycles. The van der Waals surface area contributed by atoms with E-state index in [1.165, 1.54) is 26.4 Å². The molecule has 0 radical (unpaired) electrons. The number of alkyl halides is 2. The highest BCUT2D eigenvalue weighted by atomic mass is 19.3. The van der Waals surface area contributed by atoms with Crippen LogP contribution in [0.15, 0.2) is 18.2 Å². The highest BCUT2D eigenvalue weighted by Gasteiger charge is 2.20. The average molecular weight is 288 g/mol. The minimum atomic E-state index is -2.61. The maximum atomic E-state index is 12.5. The zero-order chi connectivity index (χ0) is 15.1.